The predicted octanol–water partition coefficient (Wildman–Crippen LogP) is 4.88. The van der Waals surface area contributed by atoms with E-state index >= 15 is 0 Å². The van der Waals surface area contributed by atoms with Gasteiger partial charge in [0.05, 0.1) is 16.2 Å². The fraction of sp³-hybridized carbons (Fsp3) is 0.0455. The molecule has 144 valence electrons. The van der Waals surface area contributed by atoms with Crippen molar-refractivity contribution < 1.29 is 19.1 Å². The second-order valence-corrected chi connectivity index (χ2v) is 7.30. The molecule has 1 amide bonds. The van der Waals surface area contributed by atoms with Gasteiger partial charge in [-0.05, 0) is 48.2 Å². The summed E-state index contributed by atoms with van der Waals surface area (Å²) in [6.45, 7) is 0. The van der Waals surface area contributed by atoms with Gasteiger partial charge in [0.15, 0.2) is 5.17 Å². The van der Waals surface area contributed by atoms with Crippen LogP contribution >= 0.6 is 11.8 Å². The number of hydrogen-bond acceptors (Lipinski definition) is 5. The molecule has 1 aliphatic heterocycles. The Hall–Kier alpha value is -3.58. The first-order chi connectivity index (χ1) is 14.0. The Balaban J connectivity index is 1.59. The van der Waals surface area contributed by atoms with Crippen LogP contribution in [0.4, 0.5) is 5.69 Å². The lowest BCUT2D eigenvalue weighted by Crippen LogP contribution is -2.23. The minimum atomic E-state index is -0.998. The van der Waals surface area contributed by atoms with Crippen LogP contribution < -0.4 is 0 Å². The van der Waals surface area contributed by atoms with Crippen LogP contribution in [0.1, 0.15) is 16.1 Å². The average molecular weight is 404 g/mol. The number of amidine groups is 1. The third-order valence-electron chi connectivity index (χ3n) is 4.28. The number of carboxylic acid groups (broad SMARTS) is 1. The Morgan fingerprint density at radius 1 is 1.10 bits per heavy atom. The number of likely N-dealkylation sites (N-methyl/N-ethyl adjacent to an activating group) is 1. The summed E-state index contributed by atoms with van der Waals surface area (Å²) in [5.41, 5.74) is 1.61. The molecule has 0 bridgehead atoms. The molecule has 2 aromatic carbocycles. The van der Waals surface area contributed by atoms with E-state index in [9.17, 15) is 9.59 Å². The molecule has 2 heterocycles. The first-order valence-corrected chi connectivity index (χ1v) is 9.58. The number of amides is 1. The monoisotopic (exact) mass is 404 g/mol. The molecule has 7 heteroatoms. The van der Waals surface area contributed by atoms with Gasteiger partial charge in [-0.1, -0.05) is 30.3 Å². The summed E-state index contributed by atoms with van der Waals surface area (Å²) in [4.78, 5) is 30.2. The van der Waals surface area contributed by atoms with Gasteiger partial charge in [0.25, 0.3) is 5.91 Å². The molecule has 0 unspecified atom stereocenters. The molecule has 0 radical (unpaired) electrons. The average Bonchev–Trinajstić information content (AvgIpc) is 3.30. The zero-order valence-corrected chi connectivity index (χ0v) is 16.2. The molecule has 0 saturated carbocycles. The van der Waals surface area contributed by atoms with Gasteiger partial charge in [0.1, 0.15) is 11.5 Å². The predicted molar refractivity (Wildman–Crippen MR) is 113 cm³/mol. The van der Waals surface area contributed by atoms with Crippen LogP contribution in [0, 0.1) is 0 Å². The Kier molecular flexibility index (Phi) is 5.05. The minimum Gasteiger partial charge on any atom is -0.478 e. The largest absolute Gasteiger partial charge is 0.478 e. The molecule has 0 spiro atoms. The maximum Gasteiger partial charge on any atom is 0.335 e. The molecule has 1 aromatic heterocycles. The maximum atomic E-state index is 12.6. The Morgan fingerprint density at radius 3 is 2.66 bits per heavy atom. The van der Waals surface area contributed by atoms with Crippen molar-refractivity contribution in [2.75, 3.05) is 7.05 Å². The van der Waals surface area contributed by atoms with Crippen molar-refractivity contribution >= 4 is 40.6 Å². The highest BCUT2D eigenvalue weighted by Gasteiger charge is 2.30. The van der Waals surface area contributed by atoms with E-state index < -0.39 is 5.97 Å². The summed E-state index contributed by atoms with van der Waals surface area (Å²) in [6.07, 6.45) is 1.67. The summed E-state index contributed by atoms with van der Waals surface area (Å²) in [5.74, 6) is -0.120. The summed E-state index contributed by atoms with van der Waals surface area (Å²) >= 11 is 1.28. The Labute approximate surface area is 171 Å². The van der Waals surface area contributed by atoms with E-state index in [0.29, 0.717) is 27.2 Å². The number of thioether (sulfide) groups is 1. The summed E-state index contributed by atoms with van der Waals surface area (Å²) in [5, 5.41) is 9.73. The molecule has 4 rings (SSSR count). The van der Waals surface area contributed by atoms with E-state index in [1.54, 1.807) is 43.5 Å². The number of benzene rings is 2. The molecule has 6 nitrogen and oxygen atoms in total. The van der Waals surface area contributed by atoms with E-state index in [1.807, 2.05) is 30.3 Å². The van der Waals surface area contributed by atoms with Gasteiger partial charge < -0.3 is 9.52 Å². The third kappa shape index (κ3) is 4.00. The summed E-state index contributed by atoms with van der Waals surface area (Å²) < 4.78 is 5.81. The molecule has 1 N–H and O–H groups in total. The number of carboxylic acids is 1. The van der Waals surface area contributed by atoms with Gasteiger partial charge in [-0.15, -0.1) is 0 Å². The molecule has 1 fully saturated rings. The lowest BCUT2D eigenvalue weighted by atomic mass is 10.1. The van der Waals surface area contributed by atoms with Gasteiger partial charge in [0, 0.05) is 18.7 Å². The molecular formula is C22H16N2O4S. The van der Waals surface area contributed by atoms with Gasteiger partial charge in [-0.3, -0.25) is 9.69 Å². The van der Waals surface area contributed by atoms with Crippen LogP contribution in [0.3, 0.4) is 0 Å². The second-order valence-electron chi connectivity index (χ2n) is 6.29. The molecule has 0 atom stereocenters. The number of hydrogen-bond donors (Lipinski definition) is 1. The van der Waals surface area contributed by atoms with E-state index in [2.05, 4.69) is 4.99 Å². The van der Waals surface area contributed by atoms with Crippen molar-refractivity contribution in [2.24, 2.45) is 4.99 Å². The number of rotatable bonds is 4. The topological polar surface area (TPSA) is 83.1 Å². The van der Waals surface area contributed by atoms with Crippen LogP contribution in [0.15, 0.2) is 81.0 Å². The van der Waals surface area contributed by atoms with Crippen molar-refractivity contribution in [2.45, 2.75) is 0 Å². The first-order valence-electron chi connectivity index (χ1n) is 8.76. The quantitative estimate of drug-likeness (QED) is 0.627. The van der Waals surface area contributed by atoms with E-state index in [-0.39, 0.29) is 11.5 Å². The van der Waals surface area contributed by atoms with Crippen molar-refractivity contribution in [1.29, 1.82) is 0 Å². The van der Waals surface area contributed by atoms with E-state index in [0.717, 1.165) is 5.69 Å². The number of nitrogens with zero attached hydrogens (tertiary/aromatic N) is 2. The molecule has 1 aliphatic rings. The van der Waals surface area contributed by atoms with Crippen LogP contribution in [-0.2, 0) is 4.79 Å². The number of para-hydroxylation sites is 1. The van der Waals surface area contributed by atoms with Gasteiger partial charge in [-0.2, -0.15) is 0 Å². The zero-order chi connectivity index (χ0) is 20.4. The highest BCUT2D eigenvalue weighted by Crippen LogP contribution is 2.34. The van der Waals surface area contributed by atoms with Crippen LogP contribution in [0.5, 0.6) is 0 Å². The third-order valence-corrected chi connectivity index (χ3v) is 5.34. The van der Waals surface area contributed by atoms with Crippen molar-refractivity contribution in [3.8, 4) is 11.3 Å². The first kappa shape index (κ1) is 18.8. The van der Waals surface area contributed by atoms with E-state index in [1.165, 1.54) is 22.7 Å². The van der Waals surface area contributed by atoms with Crippen molar-refractivity contribution in [3.63, 3.8) is 0 Å². The Morgan fingerprint density at radius 2 is 1.90 bits per heavy atom. The lowest BCUT2D eigenvalue weighted by molar-refractivity contribution is -0.121. The molecule has 29 heavy (non-hydrogen) atoms. The normalized spacial score (nSPS) is 16.7. The number of aliphatic imine (C=N–C) groups is 1. The fourth-order valence-corrected chi connectivity index (χ4v) is 3.75. The molecule has 3 aromatic rings. The molecule has 1 saturated heterocycles. The summed E-state index contributed by atoms with van der Waals surface area (Å²) in [6, 6.07) is 19.4. The minimum absolute atomic E-state index is 0.157. The Bertz CT molecular complexity index is 1150. The molecular weight excluding hydrogens is 388 g/mol. The maximum absolute atomic E-state index is 12.6. The van der Waals surface area contributed by atoms with Gasteiger partial charge in [0.2, 0.25) is 0 Å². The number of carbonyl (C=O) groups excluding carboxylic acids is 1. The zero-order valence-electron chi connectivity index (χ0n) is 15.4. The van der Waals surface area contributed by atoms with Gasteiger partial charge in [-0.25, -0.2) is 9.79 Å². The van der Waals surface area contributed by atoms with Crippen LogP contribution in [-0.4, -0.2) is 34.1 Å². The lowest BCUT2D eigenvalue weighted by Gasteiger charge is -2.06. The summed E-state index contributed by atoms with van der Waals surface area (Å²) in [7, 11) is 1.68. The standard InChI is InChI=1S/C22H16N2O4S/c1-24-20(25)19(29-22(24)23-16-8-3-2-4-9-16)13-17-10-11-18(28-17)14-6-5-7-15(12-14)21(26)27/h2-13H,1H3,(H,26,27). The molecule has 0 aliphatic carbocycles. The highest BCUT2D eigenvalue weighted by molar-refractivity contribution is 8.18. The number of carbonyl (C=O) groups is 2. The van der Waals surface area contributed by atoms with Crippen molar-refractivity contribution in [3.05, 3.63) is 83.0 Å². The van der Waals surface area contributed by atoms with E-state index in [4.69, 9.17) is 9.52 Å². The SMILES string of the molecule is CN1C(=O)C(=Cc2ccc(-c3cccc(C(=O)O)c3)o2)SC1=Nc1ccccc1. The van der Waals surface area contributed by atoms with Crippen LogP contribution in [0.25, 0.3) is 17.4 Å². The fourth-order valence-electron chi connectivity index (χ4n) is 2.78. The van der Waals surface area contributed by atoms with Gasteiger partial charge >= 0.3 is 5.97 Å². The van der Waals surface area contributed by atoms with Crippen molar-refractivity contribution in [1.82, 2.24) is 4.90 Å². The smallest absolute Gasteiger partial charge is 0.335 e. The van der Waals surface area contributed by atoms with Crippen LogP contribution in [0.2, 0.25) is 0 Å². The number of aromatic carboxylic acids is 1. The second kappa shape index (κ2) is 7.81. The highest BCUT2D eigenvalue weighted by atomic mass is 32.2. The number of furan rings is 1.